The molecule has 0 aliphatic rings. The van der Waals surface area contributed by atoms with Crippen LogP contribution in [0.1, 0.15) is 22.7 Å². The van der Waals surface area contributed by atoms with Gasteiger partial charge in [0, 0.05) is 18.8 Å². The Morgan fingerprint density at radius 2 is 2.24 bits per heavy atom. The highest BCUT2D eigenvalue weighted by atomic mass is 19.1. The van der Waals surface area contributed by atoms with Crippen molar-refractivity contribution >= 4 is 0 Å². The molecule has 0 amide bonds. The van der Waals surface area contributed by atoms with E-state index in [9.17, 15) is 4.39 Å². The molecule has 0 fully saturated rings. The highest BCUT2D eigenvalue weighted by molar-refractivity contribution is 5.37. The molecule has 2 rings (SSSR count). The maximum absolute atomic E-state index is 13.4. The van der Waals surface area contributed by atoms with Crippen LogP contribution in [0.3, 0.4) is 0 Å². The molecule has 86 valence electrons. The van der Waals surface area contributed by atoms with E-state index in [-0.39, 0.29) is 5.56 Å². The van der Waals surface area contributed by atoms with Gasteiger partial charge in [-0.25, -0.2) is 4.39 Å². The summed E-state index contributed by atoms with van der Waals surface area (Å²) in [5.74, 6) is -0.552. The third-order valence-electron chi connectivity index (χ3n) is 2.56. The number of nitrogens with zero attached hydrogens (tertiary/aromatic N) is 3. The van der Waals surface area contributed by atoms with Crippen LogP contribution < -0.4 is 5.73 Å². The number of nitriles is 1. The lowest BCUT2D eigenvalue weighted by Crippen LogP contribution is -2.11. The molecule has 0 radical (unpaired) electrons. The fourth-order valence-corrected chi connectivity index (χ4v) is 1.61. The first-order valence-electron chi connectivity index (χ1n) is 5.05. The van der Waals surface area contributed by atoms with E-state index in [1.54, 1.807) is 36.3 Å². The number of aryl methyl sites for hydroxylation is 1. The lowest BCUT2D eigenvalue weighted by atomic mass is 10.0. The molecule has 1 heterocycles. The van der Waals surface area contributed by atoms with Crippen molar-refractivity contribution in [3.63, 3.8) is 0 Å². The van der Waals surface area contributed by atoms with Gasteiger partial charge in [-0.15, -0.1) is 0 Å². The van der Waals surface area contributed by atoms with Crippen molar-refractivity contribution in [1.29, 1.82) is 5.26 Å². The second-order valence-electron chi connectivity index (χ2n) is 3.78. The number of aromatic nitrogens is 2. The Morgan fingerprint density at radius 3 is 2.76 bits per heavy atom. The first-order valence-corrected chi connectivity index (χ1v) is 5.05. The SMILES string of the molecule is Cn1cc([C@H](N)c2ccc(C#N)c(F)c2)cn1. The van der Waals surface area contributed by atoms with Crippen molar-refractivity contribution in [1.82, 2.24) is 9.78 Å². The number of nitrogens with two attached hydrogens (primary N) is 1. The van der Waals surface area contributed by atoms with Crippen molar-refractivity contribution in [2.24, 2.45) is 12.8 Å². The van der Waals surface area contributed by atoms with Gasteiger partial charge in [0.25, 0.3) is 0 Å². The number of hydrogen-bond acceptors (Lipinski definition) is 3. The number of halogens is 1. The Kier molecular flexibility index (Phi) is 2.90. The lowest BCUT2D eigenvalue weighted by Gasteiger charge is -2.10. The summed E-state index contributed by atoms with van der Waals surface area (Å²) < 4.78 is 15.1. The van der Waals surface area contributed by atoms with E-state index in [1.807, 2.05) is 0 Å². The average Bonchev–Trinajstić information content (AvgIpc) is 2.75. The van der Waals surface area contributed by atoms with Crippen LogP contribution in [0, 0.1) is 17.1 Å². The summed E-state index contributed by atoms with van der Waals surface area (Å²) in [6.07, 6.45) is 3.42. The second-order valence-corrected chi connectivity index (χ2v) is 3.78. The van der Waals surface area contributed by atoms with Crippen LogP contribution in [0.2, 0.25) is 0 Å². The van der Waals surface area contributed by atoms with Crippen molar-refractivity contribution < 1.29 is 4.39 Å². The van der Waals surface area contributed by atoms with Crippen LogP contribution in [0.4, 0.5) is 4.39 Å². The molecular weight excluding hydrogens is 219 g/mol. The summed E-state index contributed by atoms with van der Waals surface area (Å²) in [5.41, 5.74) is 7.43. The standard InChI is InChI=1S/C12H11FN4/c1-17-7-10(6-16-17)12(15)8-2-3-9(5-14)11(13)4-8/h2-4,6-7,12H,15H2,1H3/t12-/m1/s1. The van der Waals surface area contributed by atoms with Gasteiger partial charge in [-0.3, -0.25) is 4.68 Å². The summed E-state index contributed by atoms with van der Waals surface area (Å²) in [6, 6.07) is 5.71. The average molecular weight is 230 g/mol. The van der Waals surface area contributed by atoms with Crippen LogP contribution in [0.25, 0.3) is 0 Å². The van der Waals surface area contributed by atoms with Gasteiger partial charge >= 0.3 is 0 Å². The fourth-order valence-electron chi connectivity index (χ4n) is 1.61. The maximum Gasteiger partial charge on any atom is 0.141 e. The number of rotatable bonds is 2. The number of hydrogen-bond donors (Lipinski definition) is 1. The van der Waals surface area contributed by atoms with Crippen LogP contribution >= 0.6 is 0 Å². The molecule has 0 saturated carbocycles. The molecule has 1 aromatic carbocycles. The molecular formula is C12H11FN4. The predicted molar refractivity (Wildman–Crippen MR) is 60.4 cm³/mol. The summed E-state index contributed by atoms with van der Waals surface area (Å²) in [5, 5.41) is 12.6. The zero-order chi connectivity index (χ0) is 12.4. The molecule has 2 N–H and O–H groups in total. The quantitative estimate of drug-likeness (QED) is 0.849. The zero-order valence-electron chi connectivity index (χ0n) is 9.26. The Labute approximate surface area is 98.1 Å². The first kappa shape index (κ1) is 11.3. The lowest BCUT2D eigenvalue weighted by molar-refractivity contribution is 0.619. The summed E-state index contributed by atoms with van der Waals surface area (Å²) in [7, 11) is 1.79. The monoisotopic (exact) mass is 230 g/mol. The maximum atomic E-state index is 13.4. The van der Waals surface area contributed by atoms with Crippen LogP contribution in [-0.4, -0.2) is 9.78 Å². The normalized spacial score (nSPS) is 12.1. The molecule has 0 unspecified atom stereocenters. The Morgan fingerprint density at radius 1 is 1.47 bits per heavy atom. The topological polar surface area (TPSA) is 67.6 Å². The Balaban J connectivity index is 2.35. The highest BCUT2D eigenvalue weighted by Gasteiger charge is 2.12. The molecule has 0 bridgehead atoms. The third kappa shape index (κ3) is 2.17. The largest absolute Gasteiger partial charge is 0.320 e. The summed E-state index contributed by atoms with van der Waals surface area (Å²) in [6.45, 7) is 0. The molecule has 4 nitrogen and oxygen atoms in total. The number of benzene rings is 1. The van der Waals surface area contributed by atoms with Crippen molar-refractivity contribution in [2.75, 3.05) is 0 Å². The molecule has 0 aliphatic heterocycles. The summed E-state index contributed by atoms with van der Waals surface area (Å²) in [4.78, 5) is 0. The van der Waals surface area contributed by atoms with E-state index < -0.39 is 11.9 Å². The van der Waals surface area contributed by atoms with E-state index in [2.05, 4.69) is 5.10 Å². The minimum absolute atomic E-state index is 0.0205. The van der Waals surface area contributed by atoms with Crippen molar-refractivity contribution in [3.05, 3.63) is 53.1 Å². The van der Waals surface area contributed by atoms with E-state index in [4.69, 9.17) is 11.0 Å². The summed E-state index contributed by atoms with van der Waals surface area (Å²) >= 11 is 0. The van der Waals surface area contributed by atoms with E-state index in [0.29, 0.717) is 5.56 Å². The molecule has 5 heteroatoms. The molecule has 0 saturated heterocycles. The van der Waals surface area contributed by atoms with Crippen LogP contribution in [-0.2, 0) is 7.05 Å². The Hall–Kier alpha value is -2.19. The second kappa shape index (κ2) is 4.36. The highest BCUT2D eigenvalue weighted by Crippen LogP contribution is 2.20. The van der Waals surface area contributed by atoms with Gasteiger partial charge < -0.3 is 5.73 Å². The zero-order valence-corrected chi connectivity index (χ0v) is 9.26. The van der Waals surface area contributed by atoms with Crippen LogP contribution in [0.5, 0.6) is 0 Å². The van der Waals surface area contributed by atoms with Gasteiger partial charge in [-0.2, -0.15) is 10.4 Å². The van der Waals surface area contributed by atoms with Gasteiger partial charge in [-0.1, -0.05) is 6.07 Å². The smallest absolute Gasteiger partial charge is 0.141 e. The van der Waals surface area contributed by atoms with E-state index in [0.717, 1.165) is 5.56 Å². The van der Waals surface area contributed by atoms with E-state index in [1.165, 1.54) is 12.1 Å². The molecule has 2 aromatic rings. The molecule has 1 atom stereocenters. The molecule has 0 spiro atoms. The van der Waals surface area contributed by atoms with E-state index >= 15 is 0 Å². The van der Waals surface area contributed by atoms with Gasteiger partial charge in [0.2, 0.25) is 0 Å². The van der Waals surface area contributed by atoms with Gasteiger partial charge in [0.05, 0.1) is 17.8 Å². The molecule has 17 heavy (non-hydrogen) atoms. The molecule has 1 aromatic heterocycles. The Bertz CT molecular complexity index is 582. The minimum Gasteiger partial charge on any atom is -0.320 e. The van der Waals surface area contributed by atoms with Gasteiger partial charge in [0.15, 0.2) is 0 Å². The molecule has 0 aliphatic carbocycles. The third-order valence-corrected chi connectivity index (χ3v) is 2.56. The van der Waals surface area contributed by atoms with Crippen molar-refractivity contribution in [2.45, 2.75) is 6.04 Å². The van der Waals surface area contributed by atoms with Crippen LogP contribution in [0.15, 0.2) is 30.6 Å². The first-order chi connectivity index (χ1) is 8.11. The van der Waals surface area contributed by atoms with Gasteiger partial charge in [-0.05, 0) is 17.7 Å². The van der Waals surface area contributed by atoms with Gasteiger partial charge in [0.1, 0.15) is 11.9 Å². The van der Waals surface area contributed by atoms with Crippen molar-refractivity contribution in [3.8, 4) is 6.07 Å². The predicted octanol–water partition coefficient (Wildman–Crippen LogP) is 1.48. The minimum atomic E-state index is -0.552. The fraction of sp³-hybridized carbons (Fsp3) is 0.167.